The first-order chi connectivity index (χ1) is 14.6. The molecule has 166 valence electrons. The minimum atomic E-state index is -0.438. The Kier molecular flexibility index (Phi) is 8.19. The molecule has 0 heterocycles. The summed E-state index contributed by atoms with van der Waals surface area (Å²) in [6.45, 7) is 10.3. The van der Waals surface area contributed by atoms with Crippen LogP contribution in [0.1, 0.15) is 67.3 Å². The molecule has 7 nitrogen and oxygen atoms in total. The van der Waals surface area contributed by atoms with Crippen molar-refractivity contribution in [2.24, 2.45) is 0 Å². The summed E-state index contributed by atoms with van der Waals surface area (Å²) in [4.78, 5) is 36.3. The molecule has 2 rings (SSSR count). The second-order valence-corrected chi connectivity index (χ2v) is 8.53. The van der Waals surface area contributed by atoms with Gasteiger partial charge in [0.05, 0.1) is 6.10 Å². The van der Waals surface area contributed by atoms with E-state index in [1.165, 1.54) is 0 Å². The van der Waals surface area contributed by atoms with Crippen LogP contribution in [0.4, 0.5) is 0 Å². The maximum absolute atomic E-state index is 12.2. The molecule has 0 atom stereocenters. The van der Waals surface area contributed by atoms with Crippen LogP contribution in [-0.2, 0) is 10.2 Å². The van der Waals surface area contributed by atoms with Gasteiger partial charge in [-0.25, -0.2) is 0 Å². The van der Waals surface area contributed by atoms with E-state index in [-0.39, 0.29) is 30.4 Å². The van der Waals surface area contributed by atoms with Gasteiger partial charge in [0.1, 0.15) is 5.75 Å². The molecule has 3 N–H and O–H groups in total. The van der Waals surface area contributed by atoms with E-state index >= 15 is 0 Å². The minimum Gasteiger partial charge on any atom is -0.491 e. The van der Waals surface area contributed by atoms with Crippen molar-refractivity contribution in [3.63, 3.8) is 0 Å². The fraction of sp³-hybridized carbons (Fsp3) is 0.375. The van der Waals surface area contributed by atoms with E-state index < -0.39 is 11.8 Å². The quantitative estimate of drug-likeness (QED) is 0.593. The minimum absolute atomic E-state index is 0.0153. The van der Waals surface area contributed by atoms with Crippen molar-refractivity contribution >= 4 is 17.7 Å². The van der Waals surface area contributed by atoms with Gasteiger partial charge in [0.2, 0.25) is 5.91 Å². The standard InChI is InChI=1S/C24H31N3O4/c1-16(2)31-20-12-8-18(9-13-20)23(30)27-26-21(28)14-15-25-22(29)17-6-10-19(11-7-17)24(3,4)5/h6-13,16H,14-15H2,1-5H3,(H,25,29)(H,26,28)(H,27,30). The number of nitrogens with one attached hydrogen (secondary N) is 3. The van der Waals surface area contributed by atoms with Crippen LogP contribution in [0.3, 0.4) is 0 Å². The van der Waals surface area contributed by atoms with E-state index in [0.29, 0.717) is 16.9 Å². The second-order valence-electron chi connectivity index (χ2n) is 8.53. The van der Waals surface area contributed by atoms with Crippen LogP contribution in [0.25, 0.3) is 0 Å². The Bertz CT molecular complexity index is 898. The molecule has 2 aromatic rings. The van der Waals surface area contributed by atoms with Crippen molar-refractivity contribution in [2.75, 3.05) is 6.54 Å². The van der Waals surface area contributed by atoms with Crippen LogP contribution >= 0.6 is 0 Å². The number of carbonyl (C=O) groups is 3. The van der Waals surface area contributed by atoms with Crippen LogP contribution in [0, 0.1) is 0 Å². The van der Waals surface area contributed by atoms with Crippen molar-refractivity contribution in [2.45, 2.75) is 52.6 Å². The molecule has 0 aliphatic heterocycles. The topological polar surface area (TPSA) is 96.5 Å². The molecule has 0 bridgehead atoms. The van der Waals surface area contributed by atoms with E-state index in [9.17, 15) is 14.4 Å². The fourth-order valence-corrected chi connectivity index (χ4v) is 2.73. The third-order valence-electron chi connectivity index (χ3n) is 4.45. The lowest BCUT2D eigenvalue weighted by Gasteiger charge is -2.19. The monoisotopic (exact) mass is 425 g/mol. The molecular weight excluding hydrogens is 394 g/mol. The molecular formula is C24H31N3O4. The summed E-state index contributed by atoms with van der Waals surface area (Å²) in [6, 6.07) is 14.0. The molecule has 0 spiro atoms. The average Bonchev–Trinajstić information content (AvgIpc) is 2.71. The number of hydrazine groups is 1. The number of benzene rings is 2. The lowest BCUT2D eigenvalue weighted by Crippen LogP contribution is -2.42. The number of hydrogen-bond acceptors (Lipinski definition) is 4. The molecule has 0 saturated heterocycles. The van der Waals surface area contributed by atoms with E-state index in [1.807, 2.05) is 26.0 Å². The number of carbonyl (C=O) groups excluding carboxylic acids is 3. The van der Waals surface area contributed by atoms with Crippen molar-refractivity contribution in [3.05, 3.63) is 65.2 Å². The van der Waals surface area contributed by atoms with E-state index in [2.05, 4.69) is 36.9 Å². The van der Waals surface area contributed by atoms with Gasteiger partial charge in [-0.2, -0.15) is 0 Å². The van der Waals surface area contributed by atoms with Gasteiger partial charge in [0.25, 0.3) is 11.8 Å². The van der Waals surface area contributed by atoms with Crippen LogP contribution in [0.15, 0.2) is 48.5 Å². The summed E-state index contributed by atoms with van der Waals surface area (Å²) < 4.78 is 5.53. The molecule has 3 amide bonds. The molecule has 0 aliphatic rings. The van der Waals surface area contributed by atoms with Crippen molar-refractivity contribution in [3.8, 4) is 5.75 Å². The van der Waals surface area contributed by atoms with Crippen LogP contribution in [-0.4, -0.2) is 30.4 Å². The SMILES string of the molecule is CC(C)Oc1ccc(C(=O)NNC(=O)CCNC(=O)c2ccc(C(C)(C)C)cc2)cc1. The molecule has 0 fully saturated rings. The summed E-state index contributed by atoms with van der Waals surface area (Å²) in [5.41, 5.74) is 6.78. The van der Waals surface area contributed by atoms with Crippen molar-refractivity contribution in [1.82, 2.24) is 16.2 Å². The molecule has 31 heavy (non-hydrogen) atoms. The Morgan fingerprint density at radius 3 is 1.94 bits per heavy atom. The van der Waals surface area contributed by atoms with Gasteiger partial charge in [0, 0.05) is 24.1 Å². The van der Waals surface area contributed by atoms with Gasteiger partial charge < -0.3 is 10.1 Å². The Morgan fingerprint density at radius 1 is 0.839 bits per heavy atom. The van der Waals surface area contributed by atoms with E-state index in [0.717, 1.165) is 5.56 Å². The first-order valence-corrected chi connectivity index (χ1v) is 10.3. The Morgan fingerprint density at radius 2 is 1.39 bits per heavy atom. The normalized spacial score (nSPS) is 11.0. The zero-order chi connectivity index (χ0) is 23.0. The Hall–Kier alpha value is -3.35. The van der Waals surface area contributed by atoms with Crippen LogP contribution < -0.4 is 20.9 Å². The summed E-state index contributed by atoms with van der Waals surface area (Å²) in [5, 5.41) is 2.70. The zero-order valence-electron chi connectivity index (χ0n) is 18.7. The average molecular weight is 426 g/mol. The maximum atomic E-state index is 12.2. The fourth-order valence-electron chi connectivity index (χ4n) is 2.73. The first kappa shape index (κ1) is 23.9. The molecule has 0 aromatic heterocycles. The highest BCUT2D eigenvalue weighted by molar-refractivity contribution is 5.96. The number of ether oxygens (including phenoxy) is 1. The third-order valence-corrected chi connectivity index (χ3v) is 4.45. The van der Waals surface area contributed by atoms with E-state index in [1.54, 1.807) is 36.4 Å². The third kappa shape index (κ3) is 7.77. The van der Waals surface area contributed by atoms with Gasteiger partial charge in [-0.15, -0.1) is 0 Å². The van der Waals surface area contributed by atoms with Crippen molar-refractivity contribution < 1.29 is 19.1 Å². The summed E-state index contributed by atoms with van der Waals surface area (Å²) in [7, 11) is 0. The maximum Gasteiger partial charge on any atom is 0.269 e. The number of rotatable bonds is 7. The number of hydrogen-bond donors (Lipinski definition) is 3. The van der Waals surface area contributed by atoms with Crippen molar-refractivity contribution in [1.29, 1.82) is 0 Å². The van der Waals surface area contributed by atoms with Gasteiger partial charge in [-0.05, 0) is 61.2 Å². The van der Waals surface area contributed by atoms with Gasteiger partial charge in [-0.1, -0.05) is 32.9 Å². The van der Waals surface area contributed by atoms with E-state index in [4.69, 9.17) is 4.74 Å². The summed E-state index contributed by atoms with van der Waals surface area (Å²) in [5.74, 6) is -0.427. The smallest absolute Gasteiger partial charge is 0.269 e. The molecule has 2 aromatic carbocycles. The number of amides is 3. The highest BCUT2D eigenvalue weighted by atomic mass is 16.5. The first-order valence-electron chi connectivity index (χ1n) is 10.3. The molecule has 0 saturated carbocycles. The summed E-state index contributed by atoms with van der Waals surface area (Å²) >= 11 is 0. The predicted molar refractivity (Wildman–Crippen MR) is 120 cm³/mol. The summed E-state index contributed by atoms with van der Waals surface area (Å²) in [6.07, 6.45) is 0.0788. The molecule has 7 heteroatoms. The Labute approximate surface area is 183 Å². The highest BCUT2D eigenvalue weighted by Crippen LogP contribution is 2.22. The largest absolute Gasteiger partial charge is 0.491 e. The highest BCUT2D eigenvalue weighted by Gasteiger charge is 2.14. The van der Waals surface area contributed by atoms with Gasteiger partial charge in [0.15, 0.2) is 0 Å². The van der Waals surface area contributed by atoms with Gasteiger partial charge >= 0.3 is 0 Å². The molecule has 0 unspecified atom stereocenters. The van der Waals surface area contributed by atoms with Crippen LogP contribution in [0.5, 0.6) is 5.75 Å². The lowest BCUT2D eigenvalue weighted by molar-refractivity contribution is -0.121. The molecule has 0 radical (unpaired) electrons. The predicted octanol–water partition coefficient (Wildman–Crippen LogP) is 3.35. The lowest BCUT2D eigenvalue weighted by atomic mass is 9.87. The van der Waals surface area contributed by atoms with Gasteiger partial charge in [-0.3, -0.25) is 25.2 Å². The molecule has 0 aliphatic carbocycles. The Balaban J connectivity index is 1.73. The van der Waals surface area contributed by atoms with Crippen LogP contribution in [0.2, 0.25) is 0 Å². The second kappa shape index (κ2) is 10.6. The zero-order valence-corrected chi connectivity index (χ0v) is 18.7.